The molecule has 1 saturated heterocycles. The summed E-state index contributed by atoms with van der Waals surface area (Å²) < 4.78 is 11.0. The second-order valence-electron chi connectivity index (χ2n) is 7.71. The number of alkyl carbamates (subject to hydrolysis) is 1. The van der Waals surface area contributed by atoms with Crippen LogP contribution in [0.15, 0.2) is 15.8 Å². The topological polar surface area (TPSA) is 140 Å². The second-order valence-corrected chi connectivity index (χ2v) is 8.92. The third kappa shape index (κ3) is 5.88. The van der Waals surface area contributed by atoms with Crippen LogP contribution in [0.2, 0.25) is 0 Å². The number of rotatable bonds is 5. The Kier molecular flexibility index (Phi) is 7.34. The number of nitrogens with zero attached hydrogens (tertiary/aromatic N) is 2. The lowest BCUT2D eigenvalue weighted by molar-refractivity contribution is -0.151. The number of hydrogen-bond donors (Lipinski definition) is 2. The Bertz CT molecular complexity index is 934. The smallest absolute Gasteiger partial charge is 0.407 e. The van der Waals surface area contributed by atoms with Crippen LogP contribution in [-0.2, 0) is 25.6 Å². The van der Waals surface area contributed by atoms with Crippen LogP contribution in [0.1, 0.15) is 26.3 Å². The molecule has 0 aliphatic carbocycles. The van der Waals surface area contributed by atoms with Gasteiger partial charge in [0.1, 0.15) is 18.2 Å². The zero-order valence-electron chi connectivity index (χ0n) is 17.5. The summed E-state index contributed by atoms with van der Waals surface area (Å²) in [6, 6.07) is -0.863. The van der Waals surface area contributed by atoms with Crippen LogP contribution >= 0.6 is 11.8 Å². The van der Waals surface area contributed by atoms with Crippen LogP contribution in [0, 0.1) is 6.92 Å². The van der Waals surface area contributed by atoms with Crippen LogP contribution in [0.3, 0.4) is 0 Å². The van der Waals surface area contributed by atoms with Gasteiger partial charge < -0.3 is 19.7 Å². The molecule has 30 heavy (non-hydrogen) atoms. The van der Waals surface area contributed by atoms with Crippen LogP contribution < -0.4 is 16.6 Å². The van der Waals surface area contributed by atoms with Crippen LogP contribution in [0.25, 0.3) is 0 Å². The number of esters is 1. The van der Waals surface area contributed by atoms with Gasteiger partial charge in [0.2, 0.25) is 5.91 Å². The molecule has 0 spiro atoms. The number of ether oxygens (including phenoxy) is 2. The molecule has 166 valence electrons. The molecule has 12 heteroatoms. The zero-order valence-corrected chi connectivity index (χ0v) is 18.3. The number of aromatic amines is 1. The number of aromatic nitrogens is 2. The third-order valence-corrected chi connectivity index (χ3v) is 5.45. The molecule has 0 bridgehead atoms. The summed E-state index contributed by atoms with van der Waals surface area (Å²) in [5.74, 6) is -0.848. The molecule has 0 radical (unpaired) electrons. The number of hydrogen-bond acceptors (Lipinski definition) is 8. The number of aryl methyl sites for hydroxylation is 1. The van der Waals surface area contributed by atoms with Gasteiger partial charge in [0.25, 0.3) is 5.56 Å². The number of carbonyl (C=O) groups is 3. The van der Waals surface area contributed by atoms with E-state index >= 15 is 0 Å². The lowest BCUT2D eigenvalue weighted by Gasteiger charge is -2.29. The Balaban J connectivity index is 2.19. The number of nitrogens with one attached hydrogen (secondary N) is 2. The van der Waals surface area contributed by atoms with Crippen molar-refractivity contribution >= 4 is 29.7 Å². The third-order valence-electron chi connectivity index (χ3n) is 4.17. The van der Waals surface area contributed by atoms with E-state index in [9.17, 15) is 24.0 Å². The van der Waals surface area contributed by atoms with Crippen molar-refractivity contribution in [3.8, 4) is 0 Å². The molecule has 1 aliphatic heterocycles. The maximum absolute atomic E-state index is 13.0. The van der Waals surface area contributed by atoms with Crippen molar-refractivity contribution in [1.29, 1.82) is 0 Å². The number of thioether (sulfide) groups is 1. The molecule has 0 unspecified atom stereocenters. The van der Waals surface area contributed by atoms with Gasteiger partial charge in [0.05, 0.1) is 19.0 Å². The fourth-order valence-electron chi connectivity index (χ4n) is 2.82. The van der Waals surface area contributed by atoms with Crippen molar-refractivity contribution in [2.75, 3.05) is 19.4 Å². The number of H-pyrrole nitrogens is 1. The summed E-state index contributed by atoms with van der Waals surface area (Å²) in [5, 5.41) is 2.03. The van der Waals surface area contributed by atoms with E-state index in [0.29, 0.717) is 0 Å². The molecule has 11 nitrogen and oxygen atoms in total. The number of methoxy groups -OCH3 is 1. The Morgan fingerprint density at radius 3 is 2.57 bits per heavy atom. The van der Waals surface area contributed by atoms with Gasteiger partial charge in [0.15, 0.2) is 0 Å². The Morgan fingerprint density at radius 1 is 1.30 bits per heavy atom. The standard InChI is InChI=1S/C18H26N4O7S/c1-10-7-21(16(26)20-14(10)24)8-12(23)22-11(15(25)28-5)9-30-13(22)6-19-17(27)29-18(2,3)4/h7,11,13H,6,8-9H2,1-5H3,(H,19,27)(H,20,24,26)/t11-,13-/m0/s1. The summed E-state index contributed by atoms with van der Waals surface area (Å²) in [6.07, 6.45) is 0.633. The van der Waals surface area contributed by atoms with Gasteiger partial charge in [-0.3, -0.25) is 19.1 Å². The van der Waals surface area contributed by atoms with Gasteiger partial charge in [0, 0.05) is 17.5 Å². The molecule has 1 aromatic heterocycles. The van der Waals surface area contributed by atoms with Crippen LogP contribution in [0.4, 0.5) is 4.79 Å². The highest BCUT2D eigenvalue weighted by atomic mass is 32.2. The minimum Gasteiger partial charge on any atom is -0.467 e. The first-order valence-corrected chi connectivity index (χ1v) is 10.3. The molecule has 1 aliphatic rings. The molecular weight excluding hydrogens is 416 g/mol. The minimum atomic E-state index is -0.863. The highest BCUT2D eigenvalue weighted by molar-refractivity contribution is 8.00. The summed E-state index contributed by atoms with van der Waals surface area (Å²) in [4.78, 5) is 64.1. The van der Waals surface area contributed by atoms with Gasteiger partial charge >= 0.3 is 17.8 Å². The van der Waals surface area contributed by atoms with Gasteiger partial charge in [-0.1, -0.05) is 0 Å². The fraction of sp³-hybridized carbons (Fsp3) is 0.611. The SMILES string of the molecule is COC(=O)[C@@H]1CS[C@@H](CNC(=O)OC(C)(C)C)N1C(=O)Cn1cc(C)c(=O)[nH]c1=O. The molecule has 2 amide bonds. The van der Waals surface area contributed by atoms with E-state index in [1.165, 1.54) is 36.9 Å². The summed E-state index contributed by atoms with van der Waals surface area (Å²) >= 11 is 1.30. The summed E-state index contributed by atoms with van der Waals surface area (Å²) in [5.41, 5.74) is -1.68. The maximum Gasteiger partial charge on any atom is 0.407 e. The van der Waals surface area contributed by atoms with Gasteiger partial charge in [-0.15, -0.1) is 11.8 Å². The molecule has 1 fully saturated rings. The van der Waals surface area contributed by atoms with Crippen molar-refractivity contribution in [2.24, 2.45) is 0 Å². The van der Waals surface area contributed by atoms with Gasteiger partial charge in [-0.2, -0.15) is 0 Å². The first kappa shape index (κ1) is 23.5. The Hall–Kier alpha value is -2.76. The molecule has 1 aromatic rings. The molecule has 2 N–H and O–H groups in total. The highest BCUT2D eigenvalue weighted by Crippen LogP contribution is 2.29. The van der Waals surface area contributed by atoms with E-state index in [4.69, 9.17) is 9.47 Å². The van der Waals surface area contributed by atoms with Gasteiger partial charge in [-0.25, -0.2) is 14.4 Å². The number of carbonyl (C=O) groups excluding carboxylic acids is 3. The van der Waals surface area contributed by atoms with E-state index < -0.39 is 46.2 Å². The normalized spacial score (nSPS) is 18.8. The Morgan fingerprint density at radius 2 is 1.97 bits per heavy atom. The largest absolute Gasteiger partial charge is 0.467 e. The quantitative estimate of drug-likeness (QED) is 0.598. The van der Waals surface area contributed by atoms with Crippen molar-refractivity contribution in [1.82, 2.24) is 19.8 Å². The Labute approximate surface area is 177 Å². The van der Waals surface area contributed by atoms with Crippen molar-refractivity contribution in [3.63, 3.8) is 0 Å². The van der Waals surface area contributed by atoms with E-state index in [2.05, 4.69) is 10.3 Å². The fourth-order valence-corrected chi connectivity index (χ4v) is 4.15. The lowest BCUT2D eigenvalue weighted by atomic mass is 10.2. The average Bonchev–Trinajstić information content (AvgIpc) is 3.06. The molecule has 0 aromatic carbocycles. The predicted octanol–water partition coefficient (Wildman–Crippen LogP) is -0.187. The van der Waals surface area contributed by atoms with Crippen LogP contribution in [0.5, 0.6) is 0 Å². The average molecular weight is 442 g/mol. The van der Waals surface area contributed by atoms with Crippen molar-refractivity contribution < 1.29 is 23.9 Å². The molecule has 2 rings (SSSR count). The molecule has 2 atom stereocenters. The summed E-state index contributed by atoms with van der Waals surface area (Å²) in [6.45, 7) is 6.35. The second kappa shape index (κ2) is 9.37. The first-order valence-electron chi connectivity index (χ1n) is 9.20. The van der Waals surface area contributed by atoms with E-state index in [0.717, 1.165) is 4.57 Å². The van der Waals surface area contributed by atoms with E-state index in [-0.39, 0.29) is 24.4 Å². The van der Waals surface area contributed by atoms with E-state index in [1.54, 1.807) is 20.8 Å². The lowest BCUT2D eigenvalue weighted by Crippen LogP contribution is -2.51. The molecule has 0 saturated carbocycles. The van der Waals surface area contributed by atoms with Crippen LogP contribution in [-0.4, -0.2) is 68.8 Å². The minimum absolute atomic E-state index is 0.0400. The van der Waals surface area contributed by atoms with Gasteiger partial charge in [-0.05, 0) is 27.7 Å². The summed E-state index contributed by atoms with van der Waals surface area (Å²) in [7, 11) is 1.22. The van der Waals surface area contributed by atoms with Crippen molar-refractivity contribution in [3.05, 3.63) is 32.6 Å². The predicted molar refractivity (Wildman–Crippen MR) is 109 cm³/mol. The first-order chi connectivity index (χ1) is 13.9. The van der Waals surface area contributed by atoms with E-state index in [1.807, 2.05) is 0 Å². The zero-order chi connectivity index (χ0) is 22.6. The molecular formula is C18H26N4O7S. The highest BCUT2D eigenvalue weighted by Gasteiger charge is 2.42. The van der Waals surface area contributed by atoms with Crippen molar-refractivity contribution in [2.45, 2.75) is 51.3 Å². The molecule has 2 heterocycles. The maximum atomic E-state index is 13.0. The monoisotopic (exact) mass is 442 g/mol. The number of amides is 2.